The molecule has 0 saturated heterocycles. The molecule has 1 heterocycles. The molecule has 0 unspecified atom stereocenters. The minimum Gasteiger partial charge on any atom is -0.485 e. The second-order valence-electron chi connectivity index (χ2n) is 4.48. The molecule has 19 heavy (non-hydrogen) atoms. The second kappa shape index (κ2) is 5.84. The molecule has 5 heteroatoms. The molecule has 0 fully saturated rings. The van der Waals surface area contributed by atoms with Crippen LogP contribution in [0, 0.1) is 6.92 Å². The highest BCUT2D eigenvalue weighted by molar-refractivity contribution is 5.36. The van der Waals surface area contributed by atoms with Gasteiger partial charge in [0.05, 0.1) is 6.10 Å². The van der Waals surface area contributed by atoms with E-state index in [2.05, 4.69) is 10.1 Å². The van der Waals surface area contributed by atoms with Gasteiger partial charge in [0.25, 0.3) is 0 Å². The van der Waals surface area contributed by atoms with Crippen molar-refractivity contribution in [3.8, 4) is 5.75 Å². The van der Waals surface area contributed by atoms with Gasteiger partial charge < -0.3 is 9.84 Å². The van der Waals surface area contributed by atoms with Crippen molar-refractivity contribution in [2.75, 3.05) is 0 Å². The lowest BCUT2D eigenvalue weighted by atomic mass is 10.1. The maximum absolute atomic E-state index is 9.53. The molecule has 0 bridgehead atoms. The highest BCUT2D eigenvalue weighted by Gasteiger charge is 2.07. The summed E-state index contributed by atoms with van der Waals surface area (Å²) in [5, 5.41) is 13.6. The van der Waals surface area contributed by atoms with Crippen LogP contribution in [-0.2, 0) is 13.2 Å². The van der Waals surface area contributed by atoms with Gasteiger partial charge in [-0.3, -0.25) is 0 Å². The van der Waals surface area contributed by atoms with E-state index in [-0.39, 0.29) is 0 Å². The average Bonchev–Trinajstić information content (AvgIpc) is 2.84. The molecule has 5 nitrogen and oxygen atoms in total. The summed E-state index contributed by atoms with van der Waals surface area (Å²) in [7, 11) is 0. The Kier molecular flexibility index (Phi) is 4.16. The van der Waals surface area contributed by atoms with Crippen molar-refractivity contribution in [2.24, 2.45) is 0 Å². The summed E-state index contributed by atoms with van der Waals surface area (Å²) in [6.07, 6.45) is 1.07. The first-order valence-corrected chi connectivity index (χ1v) is 6.40. The van der Waals surface area contributed by atoms with Crippen LogP contribution in [0.5, 0.6) is 5.75 Å². The number of aliphatic hydroxyl groups excluding tert-OH is 1. The van der Waals surface area contributed by atoms with Gasteiger partial charge in [0.15, 0.2) is 5.82 Å². The standard InChI is InChI=1S/C14H19N3O2/c1-4-17-14(15-9-16-17)8-19-13-6-5-12(11(3)18)7-10(13)2/h5-7,9,11,18H,4,8H2,1-3H3/t11-/m1/s1. The first kappa shape index (κ1) is 13.5. The van der Waals surface area contributed by atoms with Crippen molar-refractivity contribution in [1.82, 2.24) is 14.8 Å². The van der Waals surface area contributed by atoms with Gasteiger partial charge in [-0.15, -0.1) is 0 Å². The first-order chi connectivity index (χ1) is 9.11. The van der Waals surface area contributed by atoms with Gasteiger partial charge in [-0.1, -0.05) is 6.07 Å². The lowest BCUT2D eigenvalue weighted by molar-refractivity contribution is 0.199. The van der Waals surface area contributed by atoms with E-state index in [9.17, 15) is 5.11 Å². The summed E-state index contributed by atoms with van der Waals surface area (Å²) in [5.41, 5.74) is 1.89. The summed E-state index contributed by atoms with van der Waals surface area (Å²) >= 11 is 0. The van der Waals surface area contributed by atoms with Crippen molar-refractivity contribution >= 4 is 0 Å². The SMILES string of the molecule is CCn1ncnc1COc1ccc([C@@H](C)O)cc1C. The Hall–Kier alpha value is -1.88. The van der Waals surface area contributed by atoms with Crippen LogP contribution in [0.15, 0.2) is 24.5 Å². The Balaban J connectivity index is 2.08. The lowest BCUT2D eigenvalue weighted by Gasteiger charge is -2.12. The molecule has 1 aromatic carbocycles. The number of aromatic nitrogens is 3. The van der Waals surface area contributed by atoms with Crippen molar-refractivity contribution in [3.63, 3.8) is 0 Å². The monoisotopic (exact) mass is 261 g/mol. The number of aliphatic hydroxyl groups is 1. The number of benzene rings is 1. The number of rotatable bonds is 5. The average molecular weight is 261 g/mol. The van der Waals surface area contributed by atoms with Crippen molar-refractivity contribution in [3.05, 3.63) is 41.5 Å². The van der Waals surface area contributed by atoms with Crippen LogP contribution in [0.3, 0.4) is 0 Å². The van der Waals surface area contributed by atoms with E-state index < -0.39 is 6.10 Å². The number of ether oxygens (including phenoxy) is 1. The van der Waals surface area contributed by atoms with Gasteiger partial charge in [-0.2, -0.15) is 5.10 Å². The van der Waals surface area contributed by atoms with Crippen LogP contribution >= 0.6 is 0 Å². The Bertz CT molecular complexity index is 549. The maximum Gasteiger partial charge on any atom is 0.164 e. The van der Waals surface area contributed by atoms with Crippen LogP contribution in [0.25, 0.3) is 0 Å². The molecule has 0 saturated carbocycles. The fourth-order valence-corrected chi connectivity index (χ4v) is 1.90. The van der Waals surface area contributed by atoms with Crippen LogP contribution in [0.1, 0.15) is 36.9 Å². The molecule has 0 radical (unpaired) electrons. The lowest BCUT2D eigenvalue weighted by Crippen LogP contribution is -2.07. The molecule has 0 aliphatic rings. The van der Waals surface area contributed by atoms with Crippen LogP contribution < -0.4 is 4.74 Å². The van der Waals surface area contributed by atoms with Gasteiger partial charge in [0.2, 0.25) is 0 Å². The summed E-state index contributed by atoms with van der Waals surface area (Å²) < 4.78 is 7.56. The molecule has 1 aromatic heterocycles. The maximum atomic E-state index is 9.53. The van der Waals surface area contributed by atoms with Crippen molar-refractivity contribution < 1.29 is 9.84 Å². The molecule has 2 rings (SSSR count). The number of aryl methyl sites for hydroxylation is 2. The van der Waals surface area contributed by atoms with Gasteiger partial charge in [-0.05, 0) is 44.0 Å². The highest BCUT2D eigenvalue weighted by Crippen LogP contribution is 2.23. The molecule has 0 aliphatic heterocycles. The van der Waals surface area contributed by atoms with Gasteiger partial charge in [0.1, 0.15) is 18.7 Å². The second-order valence-corrected chi connectivity index (χ2v) is 4.48. The normalized spacial score (nSPS) is 12.4. The minimum absolute atomic E-state index is 0.392. The third kappa shape index (κ3) is 3.12. The molecule has 0 amide bonds. The topological polar surface area (TPSA) is 60.2 Å². The van der Waals surface area contributed by atoms with E-state index in [4.69, 9.17) is 4.74 Å². The van der Waals surface area contributed by atoms with Crippen LogP contribution in [0.2, 0.25) is 0 Å². The Morgan fingerprint density at radius 1 is 1.42 bits per heavy atom. The van der Waals surface area contributed by atoms with E-state index in [0.29, 0.717) is 6.61 Å². The Morgan fingerprint density at radius 2 is 2.21 bits per heavy atom. The predicted octanol–water partition coefficient (Wildman–Crippen LogP) is 2.24. The third-order valence-electron chi connectivity index (χ3n) is 3.03. The molecule has 0 aliphatic carbocycles. The molecule has 1 atom stereocenters. The number of nitrogens with zero attached hydrogens (tertiary/aromatic N) is 3. The van der Waals surface area contributed by atoms with Crippen LogP contribution in [-0.4, -0.2) is 19.9 Å². The van der Waals surface area contributed by atoms with E-state index in [1.807, 2.05) is 32.0 Å². The Morgan fingerprint density at radius 3 is 2.84 bits per heavy atom. The van der Waals surface area contributed by atoms with Gasteiger partial charge in [0, 0.05) is 6.54 Å². The molecular formula is C14H19N3O2. The smallest absolute Gasteiger partial charge is 0.164 e. The van der Waals surface area contributed by atoms with Gasteiger partial charge in [-0.25, -0.2) is 9.67 Å². The molecular weight excluding hydrogens is 242 g/mol. The third-order valence-corrected chi connectivity index (χ3v) is 3.03. The minimum atomic E-state index is -0.462. The summed E-state index contributed by atoms with van der Waals surface area (Å²) in [4.78, 5) is 4.16. The number of hydrogen-bond acceptors (Lipinski definition) is 4. The summed E-state index contributed by atoms with van der Waals surface area (Å²) in [6, 6.07) is 5.69. The van der Waals surface area contributed by atoms with Crippen molar-refractivity contribution in [1.29, 1.82) is 0 Å². The summed E-state index contributed by atoms with van der Waals surface area (Å²) in [6.45, 7) is 6.90. The zero-order valence-electron chi connectivity index (χ0n) is 11.5. The largest absolute Gasteiger partial charge is 0.485 e. The Labute approximate surface area is 112 Å². The molecule has 102 valence electrons. The summed E-state index contributed by atoms with van der Waals surface area (Å²) in [5.74, 6) is 1.61. The van der Waals surface area contributed by atoms with E-state index in [1.54, 1.807) is 11.6 Å². The highest BCUT2D eigenvalue weighted by atomic mass is 16.5. The molecule has 1 N–H and O–H groups in total. The van der Waals surface area contributed by atoms with E-state index >= 15 is 0 Å². The fourth-order valence-electron chi connectivity index (χ4n) is 1.90. The first-order valence-electron chi connectivity index (χ1n) is 6.40. The molecule has 2 aromatic rings. The van der Waals surface area contributed by atoms with Crippen molar-refractivity contribution in [2.45, 2.75) is 40.0 Å². The fraction of sp³-hybridized carbons (Fsp3) is 0.429. The predicted molar refractivity (Wildman–Crippen MR) is 71.8 cm³/mol. The zero-order chi connectivity index (χ0) is 13.8. The zero-order valence-corrected chi connectivity index (χ0v) is 11.5. The molecule has 0 spiro atoms. The number of hydrogen-bond donors (Lipinski definition) is 1. The van der Waals surface area contributed by atoms with Gasteiger partial charge >= 0.3 is 0 Å². The van der Waals surface area contributed by atoms with E-state index in [0.717, 1.165) is 29.2 Å². The quantitative estimate of drug-likeness (QED) is 0.896. The van der Waals surface area contributed by atoms with Crippen LogP contribution in [0.4, 0.5) is 0 Å². The van der Waals surface area contributed by atoms with E-state index in [1.165, 1.54) is 6.33 Å².